The Labute approximate surface area is 204 Å². The summed E-state index contributed by atoms with van der Waals surface area (Å²) in [5, 5.41) is 0. The molecule has 5 aromatic rings. The zero-order valence-electron chi connectivity index (χ0n) is 18.3. The van der Waals surface area contributed by atoms with Crippen molar-refractivity contribution in [3.63, 3.8) is 0 Å². The van der Waals surface area contributed by atoms with E-state index in [0.29, 0.717) is 0 Å². The molecule has 0 saturated heterocycles. The van der Waals surface area contributed by atoms with Crippen LogP contribution in [0.25, 0.3) is 0 Å². The van der Waals surface area contributed by atoms with Gasteiger partial charge in [0.25, 0.3) is 0 Å². The minimum atomic E-state index is -0.418. The Morgan fingerprint density at radius 1 is 0.394 bits per heavy atom. The third kappa shape index (κ3) is 4.05. The number of halogens is 1. The fourth-order valence-electron chi connectivity index (χ4n) is 5.10. The summed E-state index contributed by atoms with van der Waals surface area (Å²) in [6.07, 6.45) is 0. The van der Waals surface area contributed by atoms with Crippen molar-refractivity contribution >= 4 is 15.9 Å². The number of hydrogen-bond donors (Lipinski definition) is 0. The summed E-state index contributed by atoms with van der Waals surface area (Å²) in [6, 6.07) is 52.6. The van der Waals surface area contributed by atoms with Crippen molar-refractivity contribution in [2.45, 2.75) is 11.3 Å². The number of hydrogen-bond acceptors (Lipinski definition) is 0. The molecule has 0 heterocycles. The van der Waals surface area contributed by atoms with Crippen molar-refractivity contribution < 1.29 is 0 Å². The molecule has 0 N–H and O–H groups in total. The Bertz CT molecular complexity index is 1180. The maximum absolute atomic E-state index is 3.64. The Morgan fingerprint density at radius 3 is 1.12 bits per heavy atom. The van der Waals surface area contributed by atoms with Crippen LogP contribution in [-0.2, 0) is 5.41 Å². The standard InChI is InChI=1S/C32H25Br/c33-30-23-21-26(22-24-30)31(25-13-5-1-6-14-25)32(27-15-7-2-8-16-27,28-17-9-3-10-18-28)29-19-11-4-12-20-29/h1-24,31H/t31-/m0/s1. The number of rotatable bonds is 6. The lowest BCUT2D eigenvalue weighted by Crippen LogP contribution is -2.37. The first-order chi connectivity index (χ1) is 16.3. The van der Waals surface area contributed by atoms with Gasteiger partial charge < -0.3 is 0 Å². The SMILES string of the molecule is Brc1ccc([C@H](c2ccccc2)C(c2ccccc2)(c2ccccc2)c2ccccc2)cc1. The van der Waals surface area contributed by atoms with Crippen LogP contribution in [0.2, 0.25) is 0 Å². The normalized spacial score (nSPS) is 12.3. The minimum absolute atomic E-state index is 0.0685. The van der Waals surface area contributed by atoms with Gasteiger partial charge in [0.15, 0.2) is 0 Å². The quantitative estimate of drug-likeness (QED) is 0.210. The molecule has 0 nitrogen and oxygen atoms in total. The van der Waals surface area contributed by atoms with Gasteiger partial charge in [-0.3, -0.25) is 0 Å². The Morgan fingerprint density at radius 2 is 0.727 bits per heavy atom. The zero-order valence-corrected chi connectivity index (χ0v) is 19.9. The van der Waals surface area contributed by atoms with Gasteiger partial charge in [0, 0.05) is 10.4 Å². The summed E-state index contributed by atoms with van der Waals surface area (Å²) >= 11 is 3.64. The van der Waals surface area contributed by atoms with Crippen molar-refractivity contribution in [2.24, 2.45) is 0 Å². The molecular weight excluding hydrogens is 464 g/mol. The van der Waals surface area contributed by atoms with Crippen molar-refractivity contribution in [1.82, 2.24) is 0 Å². The van der Waals surface area contributed by atoms with Crippen LogP contribution in [0.3, 0.4) is 0 Å². The molecule has 0 fully saturated rings. The lowest BCUT2D eigenvalue weighted by molar-refractivity contribution is 0.537. The lowest BCUT2D eigenvalue weighted by atomic mass is 9.58. The van der Waals surface area contributed by atoms with Crippen LogP contribution < -0.4 is 0 Å². The van der Waals surface area contributed by atoms with Gasteiger partial charge in [0.2, 0.25) is 0 Å². The average molecular weight is 489 g/mol. The van der Waals surface area contributed by atoms with E-state index in [2.05, 4.69) is 162 Å². The summed E-state index contributed by atoms with van der Waals surface area (Å²) < 4.78 is 1.09. The van der Waals surface area contributed by atoms with Gasteiger partial charge in [-0.25, -0.2) is 0 Å². The van der Waals surface area contributed by atoms with Gasteiger partial charge in [-0.1, -0.05) is 149 Å². The van der Waals surface area contributed by atoms with Crippen molar-refractivity contribution in [2.75, 3.05) is 0 Å². The summed E-state index contributed by atoms with van der Waals surface area (Å²) in [5.41, 5.74) is 5.98. The first-order valence-electron chi connectivity index (χ1n) is 11.3. The molecule has 33 heavy (non-hydrogen) atoms. The lowest BCUT2D eigenvalue weighted by Gasteiger charge is -2.43. The van der Waals surface area contributed by atoms with Crippen LogP contribution in [0.5, 0.6) is 0 Å². The molecule has 0 bridgehead atoms. The molecule has 0 amide bonds. The highest BCUT2D eigenvalue weighted by atomic mass is 79.9. The van der Waals surface area contributed by atoms with Gasteiger partial charge in [-0.05, 0) is 39.9 Å². The minimum Gasteiger partial charge on any atom is -0.0622 e. The largest absolute Gasteiger partial charge is 0.0622 e. The van der Waals surface area contributed by atoms with E-state index in [1.54, 1.807) is 0 Å². The van der Waals surface area contributed by atoms with Gasteiger partial charge in [-0.2, -0.15) is 0 Å². The first kappa shape index (κ1) is 21.4. The average Bonchev–Trinajstić information content (AvgIpc) is 2.90. The monoisotopic (exact) mass is 488 g/mol. The molecule has 0 unspecified atom stereocenters. The molecule has 1 heteroatoms. The third-order valence-electron chi connectivity index (χ3n) is 6.46. The van der Waals surface area contributed by atoms with E-state index < -0.39 is 5.41 Å². The molecular formula is C32H25Br. The summed E-state index contributed by atoms with van der Waals surface area (Å²) in [7, 11) is 0. The highest BCUT2D eigenvalue weighted by Crippen LogP contribution is 2.52. The van der Waals surface area contributed by atoms with Gasteiger partial charge in [-0.15, -0.1) is 0 Å². The second kappa shape index (κ2) is 9.60. The topological polar surface area (TPSA) is 0 Å². The zero-order chi connectivity index (χ0) is 22.5. The summed E-state index contributed by atoms with van der Waals surface area (Å²) in [5.74, 6) is 0.0685. The maximum Gasteiger partial charge on any atom is 0.0560 e. The van der Waals surface area contributed by atoms with E-state index in [1.807, 2.05) is 0 Å². The van der Waals surface area contributed by atoms with Crippen molar-refractivity contribution in [3.8, 4) is 0 Å². The van der Waals surface area contributed by atoms with Gasteiger partial charge >= 0.3 is 0 Å². The van der Waals surface area contributed by atoms with Crippen LogP contribution in [0.4, 0.5) is 0 Å². The van der Waals surface area contributed by atoms with Crippen LogP contribution in [0, 0.1) is 0 Å². The highest BCUT2D eigenvalue weighted by molar-refractivity contribution is 9.10. The molecule has 0 spiro atoms. The second-order valence-corrected chi connectivity index (χ2v) is 9.22. The molecule has 1 atom stereocenters. The van der Waals surface area contributed by atoms with E-state index in [0.717, 1.165) is 4.47 Å². The maximum atomic E-state index is 3.64. The van der Waals surface area contributed by atoms with Gasteiger partial charge in [0.1, 0.15) is 0 Å². The molecule has 0 aliphatic heterocycles. The third-order valence-corrected chi connectivity index (χ3v) is 6.99. The van der Waals surface area contributed by atoms with E-state index in [9.17, 15) is 0 Å². The van der Waals surface area contributed by atoms with E-state index >= 15 is 0 Å². The van der Waals surface area contributed by atoms with E-state index in [4.69, 9.17) is 0 Å². The molecule has 0 saturated carbocycles. The molecule has 5 aromatic carbocycles. The summed E-state index contributed by atoms with van der Waals surface area (Å²) in [4.78, 5) is 0. The molecule has 160 valence electrons. The number of benzene rings is 5. The highest BCUT2D eigenvalue weighted by Gasteiger charge is 2.45. The Balaban J connectivity index is 1.94. The predicted molar refractivity (Wildman–Crippen MR) is 142 cm³/mol. The molecule has 0 aromatic heterocycles. The Hall–Kier alpha value is -3.42. The fourth-order valence-corrected chi connectivity index (χ4v) is 5.36. The van der Waals surface area contributed by atoms with Crippen LogP contribution in [0.1, 0.15) is 33.7 Å². The van der Waals surface area contributed by atoms with Gasteiger partial charge in [0.05, 0.1) is 5.41 Å². The predicted octanol–water partition coefficient (Wildman–Crippen LogP) is 8.62. The first-order valence-corrected chi connectivity index (χ1v) is 12.1. The Kier molecular flexibility index (Phi) is 6.24. The molecule has 0 aliphatic rings. The van der Waals surface area contributed by atoms with Crippen LogP contribution >= 0.6 is 15.9 Å². The summed E-state index contributed by atoms with van der Waals surface area (Å²) in [6.45, 7) is 0. The van der Waals surface area contributed by atoms with Crippen molar-refractivity contribution in [1.29, 1.82) is 0 Å². The fraction of sp³-hybridized carbons (Fsp3) is 0.0625. The molecule has 0 radical (unpaired) electrons. The van der Waals surface area contributed by atoms with Crippen molar-refractivity contribution in [3.05, 3.63) is 178 Å². The second-order valence-electron chi connectivity index (χ2n) is 8.30. The molecule has 5 rings (SSSR count). The molecule has 0 aliphatic carbocycles. The van der Waals surface area contributed by atoms with E-state index in [-0.39, 0.29) is 5.92 Å². The van der Waals surface area contributed by atoms with Crippen LogP contribution in [0.15, 0.2) is 150 Å². The smallest absolute Gasteiger partial charge is 0.0560 e. The van der Waals surface area contributed by atoms with Crippen LogP contribution in [-0.4, -0.2) is 0 Å². The van der Waals surface area contributed by atoms with E-state index in [1.165, 1.54) is 27.8 Å².